The van der Waals surface area contributed by atoms with Crippen LogP contribution in [-0.4, -0.2) is 49.9 Å². The van der Waals surface area contributed by atoms with Gasteiger partial charge in [-0.25, -0.2) is 9.59 Å². The molecule has 166 valence electrons. The largest absolute Gasteiger partial charge is 0.447 e. The summed E-state index contributed by atoms with van der Waals surface area (Å²) in [6, 6.07) is 7.45. The monoisotopic (exact) mass is 453 g/mol. The maximum Gasteiger partial charge on any atom is 0.410 e. The SMILES string of the molecule is CCCCC(COC(=O)N(Cc1cccs1)Cc1cccs1)NC(=O)NCCOC. The van der Waals surface area contributed by atoms with Crippen LogP contribution in [0.15, 0.2) is 35.0 Å². The van der Waals surface area contributed by atoms with E-state index in [0.29, 0.717) is 26.2 Å². The van der Waals surface area contributed by atoms with Gasteiger partial charge in [-0.05, 0) is 29.3 Å². The number of unbranched alkanes of at least 4 members (excludes halogenated alkanes) is 1. The summed E-state index contributed by atoms with van der Waals surface area (Å²) in [5.41, 5.74) is 0. The predicted molar refractivity (Wildman–Crippen MR) is 121 cm³/mol. The Morgan fingerprint density at radius 1 is 1.13 bits per heavy atom. The summed E-state index contributed by atoms with van der Waals surface area (Å²) in [7, 11) is 1.58. The number of hydrogen-bond donors (Lipinski definition) is 2. The number of nitrogens with one attached hydrogen (secondary N) is 2. The highest BCUT2D eigenvalue weighted by atomic mass is 32.1. The molecular weight excluding hydrogens is 422 g/mol. The van der Waals surface area contributed by atoms with Gasteiger partial charge in [-0.15, -0.1) is 22.7 Å². The first-order chi connectivity index (χ1) is 14.6. The fourth-order valence-electron chi connectivity index (χ4n) is 2.78. The first kappa shape index (κ1) is 24.2. The molecule has 2 aromatic rings. The third kappa shape index (κ3) is 9.15. The van der Waals surface area contributed by atoms with Crippen LogP contribution in [0.25, 0.3) is 0 Å². The van der Waals surface area contributed by atoms with Crippen molar-refractivity contribution in [2.75, 3.05) is 26.9 Å². The number of carbonyl (C=O) groups excluding carboxylic acids is 2. The van der Waals surface area contributed by atoms with E-state index < -0.39 is 0 Å². The number of amides is 3. The second-order valence-corrected chi connectivity index (χ2v) is 8.89. The van der Waals surface area contributed by atoms with Crippen molar-refractivity contribution >= 4 is 34.8 Å². The smallest absolute Gasteiger partial charge is 0.410 e. The molecule has 2 rings (SSSR count). The zero-order chi connectivity index (χ0) is 21.6. The molecule has 9 heteroatoms. The molecule has 0 saturated heterocycles. The molecule has 7 nitrogen and oxygen atoms in total. The van der Waals surface area contributed by atoms with Gasteiger partial charge in [0.2, 0.25) is 0 Å². The van der Waals surface area contributed by atoms with Gasteiger partial charge in [0.15, 0.2) is 0 Å². The van der Waals surface area contributed by atoms with Crippen LogP contribution in [0.4, 0.5) is 9.59 Å². The predicted octanol–water partition coefficient (Wildman–Crippen LogP) is 4.45. The molecule has 0 bridgehead atoms. The molecule has 0 aliphatic rings. The second kappa shape index (κ2) is 14.0. The lowest BCUT2D eigenvalue weighted by Gasteiger charge is -2.24. The number of nitrogens with zero attached hydrogens (tertiary/aromatic N) is 1. The van der Waals surface area contributed by atoms with Crippen LogP contribution in [0.5, 0.6) is 0 Å². The number of rotatable bonds is 13. The van der Waals surface area contributed by atoms with Gasteiger partial charge >= 0.3 is 12.1 Å². The Bertz CT molecular complexity index is 686. The molecule has 0 saturated carbocycles. The van der Waals surface area contributed by atoms with E-state index in [0.717, 1.165) is 29.0 Å². The average molecular weight is 454 g/mol. The van der Waals surface area contributed by atoms with Crippen molar-refractivity contribution in [1.29, 1.82) is 0 Å². The summed E-state index contributed by atoms with van der Waals surface area (Å²) in [5.74, 6) is 0. The summed E-state index contributed by atoms with van der Waals surface area (Å²) in [5, 5.41) is 9.63. The van der Waals surface area contributed by atoms with Crippen LogP contribution in [0.2, 0.25) is 0 Å². The Balaban J connectivity index is 1.92. The Kier molecular flexibility index (Phi) is 11.3. The van der Waals surface area contributed by atoms with Crippen LogP contribution in [0.3, 0.4) is 0 Å². The number of methoxy groups -OCH3 is 1. The van der Waals surface area contributed by atoms with Crippen LogP contribution < -0.4 is 10.6 Å². The Morgan fingerprint density at radius 3 is 2.33 bits per heavy atom. The summed E-state index contributed by atoms with van der Waals surface area (Å²) in [6.07, 6.45) is 2.31. The van der Waals surface area contributed by atoms with Crippen LogP contribution >= 0.6 is 22.7 Å². The van der Waals surface area contributed by atoms with Crippen molar-refractivity contribution < 1.29 is 19.1 Å². The number of hydrogen-bond acceptors (Lipinski definition) is 6. The highest BCUT2D eigenvalue weighted by Crippen LogP contribution is 2.18. The lowest BCUT2D eigenvalue weighted by Crippen LogP contribution is -2.46. The summed E-state index contributed by atoms with van der Waals surface area (Å²) >= 11 is 3.23. The summed E-state index contributed by atoms with van der Waals surface area (Å²) in [6.45, 7) is 4.10. The van der Waals surface area contributed by atoms with Crippen molar-refractivity contribution in [3.63, 3.8) is 0 Å². The topological polar surface area (TPSA) is 79.9 Å². The molecule has 0 spiro atoms. The van der Waals surface area contributed by atoms with Crippen molar-refractivity contribution in [3.8, 4) is 0 Å². The number of ether oxygens (including phenoxy) is 2. The van der Waals surface area contributed by atoms with Gasteiger partial charge in [0, 0.05) is 23.4 Å². The number of thiophene rings is 2. The molecule has 1 unspecified atom stereocenters. The lowest BCUT2D eigenvalue weighted by atomic mass is 10.1. The molecular formula is C21H31N3O4S2. The third-order valence-corrected chi connectivity index (χ3v) is 6.08. The van der Waals surface area contributed by atoms with Crippen LogP contribution in [-0.2, 0) is 22.6 Å². The Labute approximate surface area is 186 Å². The zero-order valence-electron chi connectivity index (χ0n) is 17.6. The maximum atomic E-state index is 12.8. The van der Waals surface area contributed by atoms with Gasteiger partial charge in [0.1, 0.15) is 6.61 Å². The van der Waals surface area contributed by atoms with Crippen molar-refractivity contribution in [2.24, 2.45) is 0 Å². The van der Waals surface area contributed by atoms with Crippen LogP contribution in [0.1, 0.15) is 35.9 Å². The van der Waals surface area contributed by atoms with Crippen molar-refractivity contribution in [1.82, 2.24) is 15.5 Å². The maximum absolute atomic E-state index is 12.8. The quantitative estimate of drug-likeness (QED) is 0.439. The van der Waals surface area contributed by atoms with Gasteiger partial charge < -0.3 is 20.1 Å². The van der Waals surface area contributed by atoms with Crippen molar-refractivity contribution in [3.05, 3.63) is 44.8 Å². The van der Waals surface area contributed by atoms with Crippen LogP contribution in [0, 0.1) is 0 Å². The Morgan fingerprint density at radius 2 is 1.80 bits per heavy atom. The minimum Gasteiger partial charge on any atom is -0.447 e. The highest BCUT2D eigenvalue weighted by molar-refractivity contribution is 7.10. The molecule has 2 aromatic heterocycles. The van der Waals surface area contributed by atoms with Crippen molar-refractivity contribution in [2.45, 2.75) is 45.3 Å². The average Bonchev–Trinajstić information content (AvgIpc) is 3.44. The minimum absolute atomic E-state index is 0.141. The zero-order valence-corrected chi connectivity index (χ0v) is 19.2. The van der Waals surface area contributed by atoms with Gasteiger partial charge in [0.25, 0.3) is 0 Å². The summed E-state index contributed by atoms with van der Waals surface area (Å²) in [4.78, 5) is 28.8. The second-order valence-electron chi connectivity index (χ2n) is 6.82. The molecule has 2 N–H and O–H groups in total. The molecule has 2 heterocycles. The molecule has 0 aliphatic heterocycles. The van der Waals surface area contributed by atoms with E-state index in [1.54, 1.807) is 34.7 Å². The standard InChI is InChI=1S/C21H31N3O4S2/c1-3-4-7-17(23-20(25)22-10-11-27-2)16-28-21(26)24(14-18-8-5-12-29-18)15-19-9-6-13-30-19/h5-6,8-9,12-13,17H,3-4,7,10-11,14-16H2,1-2H3,(H2,22,23,25). The molecule has 0 aliphatic carbocycles. The third-order valence-electron chi connectivity index (χ3n) is 4.35. The molecule has 0 aromatic carbocycles. The first-order valence-electron chi connectivity index (χ1n) is 10.1. The molecule has 0 radical (unpaired) electrons. The van der Waals surface area contributed by atoms with Gasteiger partial charge in [-0.3, -0.25) is 4.90 Å². The minimum atomic E-state index is -0.375. The van der Waals surface area contributed by atoms with E-state index in [1.807, 2.05) is 35.0 Å². The van der Waals surface area contributed by atoms with E-state index in [4.69, 9.17) is 9.47 Å². The van der Waals surface area contributed by atoms with Gasteiger partial charge in [0.05, 0.1) is 25.7 Å². The van der Waals surface area contributed by atoms with E-state index in [9.17, 15) is 9.59 Å². The number of urea groups is 1. The van der Waals surface area contributed by atoms with Gasteiger partial charge in [-0.1, -0.05) is 31.9 Å². The molecule has 30 heavy (non-hydrogen) atoms. The molecule has 1 atom stereocenters. The number of carbonyl (C=O) groups is 2. The van der Waals surface area contributed by atoms with E-state index >= 15 is 0 Å². The Hall–Kier alpha value is -2.10. The van der Waals surface area contributed by atoms with E-state index in [1.165, 1.54) is 0 Å². The van der Waals surface area contributed by atoms with Gasteiger partial charge in [-0.2, -0.15) is 0 Å². The lowest BCUT2D eigenvalue weighted by molar-refractivity contribution is 0.0880. The molecule has 0 fully saturated rings. The van der Waals surface area contributed by atoms with E-state index in [2.05, 4.69) is 17.6 Å². The fraction of sp³-hybridized carbons (Fsp3) is 0.524. The summed E-state index contributed by atoms with van der Waals surface area (Å²) < 4.78 is 10.6. The molecule has 3 amide bonds. The fourth-order valence-corrected chi connectivity index (χ4v) is 4.22. The van der Waals surface area contributed by atoms with E-state index in [-0.39, 0.29) is 24.8 Å². The first-order valence-corrected chi connectivity index (χ1v) is 11.9. The normalized spacial score (nSPS) is 11.7. The highest BCUT2D eigenvalue weighted by Gasteiger charge is 2.20.